The molecule has 2 N–H and O–H groups in total. The van der Waals surface area contributed by atoms with Crippen molar-refractivity contribution in [3.8, 4) is 0 Å². The van der Waals surface area contributed by atoms with Crippen LogP contribution in [-0.4, -0.2) is 44.6 Å². The Balaban J connectivity index is 2.15. The van der Waals surface area contributed by atoms with E-state index in [2.05, 4.69) is 9.62 Å². The Bertz CT molecular complexity index is 586. The second-order valence-electron chi connectivity index (χ2n) is 5.94. The number of nitrogens with one attached hydrogen (secondary N) is 1. The summed E-state index contributed by atoms with van der Waals surface area (Å²) in [6, 6.07) is 1.38. The van der Waals surface area contributed by atoms with Crippen molar-refractivity contribution >= 4 is 10.0 Å². The van der Waals surface area contributed by atoms with Gasteiger partial charge in [-0.25, -0.2) is 13.1 Å². The van der Waals surface area contributed by atoms with Crippen LogP contribution in [0.5, 0.6) is 0 Å². The van der Waals surface area contributed by atoms with E-state index in [0.29, 0.717) is 12.3 Å². The topological polar surface area (TPSA) is 82.8 Å². The van der Waals surface area contributed by atoms with Gasteiger partial charge < -0.3 is 14.4 Å². The molecule has 1 fully saturated rings. The van der Waals surface area contributed by atoms with Crippen LogP contribution in [0, 0.1) is 6.92 Å². The number of aliphatic hydroxyl groups is 1. The molecule has 0 unspecified atom stereocenters. The Morgan fingerprint density at radius 2 is 2.00 bits per heavy atom. The molecule has 0 aliphatic heterocycles. The number of hydrogen-bond donors (Lipinski definition) is 2. The molecule has 2 rings (SSSR count). The lowest BCUT2D eigenvalue weighted by Gasteiger charge is -2.36. The largest absolute Gasteiger partial charge is 0.462 e. The van der Waals surface area contributed by atoms with Gasteiger partial charge >= 0.3 is 0 Å². The molecule has 0 radical (unpaired) electrons. The molecule has 1 saturated carbocycles. The quantitative estimate of drug-likeness (QED) is 0.825. The summed E-state index contributed by atoms with van der Waals surface area (Å²) < 4.78 is 32.8. The number of sulfonamides is 1. The maximum Gasteiger partial charge on any atom is 0.244 e. The van der Waals surface area contributed by atoms with Gasteiger partial charge in [0.2, 0.25) is 10.0 Å². The Morgan fingerprint density at radius 3 is 2.48 bits per heavy atom. The van der Waals surface area contributed by atoms with Gasteiger partial charge in [0.1, 0.15) is 23.0 Å². The van der Waals surface area contributed by atoms with Crippen LogP contribution >= 0.6 is 0 Å². The van der Waals surface area contributed by atoms with E-state index in [9.17, 15) is 8.42 Å². The Hall–Kier alpha value is -0.890. The number of aryl methyl sites for hydroxylation is 1. The van der Waals surface area contributed by atoms with E-state index in [1.807, 2.05) is 14.1 Å². The van der Waals surface area contributed by atoms with Gasteiger partial charge in [0.25, 0.3) is 0 Å². The van der Waals surface area contributed by atoms with E-state index in [4.69, 9.17) is 9.52 Å². The predicted molar refractivity (Wildman–Crippen MR) is 79.4 cm³/mol. The molecule has 0 saturated heterocycles. The number of rotatable bonds is 6. The van der Waals surface area contributed by atoms with Crippen molar-refractivity contribution in [2.45, 2.75) is 49.6 Å². The fourth-order valence-electron chi connectivity index (χ4n) is 2.99. The van der Waals surface area contributed by atoms with Crippen molar-refractivity contribution in [2.75, 3.05) is 20.6 Å². The maximum absolute atomic E-state index is 12.4. The van der Waals surface area contributed by atoms with Crippen LogP contribution in [0.4, 0.5) is 0 Å². The maximum atomic E-state index is 12.4. The summed E-state index contributed by atoms with van der Waals surface area (Å²) in [6.45, 7) is 1.67. The average Bonchev–Trinajstić information content (AvgIpc) is 3.04. The van der Waals surface area contributed by atoms with Crippen molar-refractivity contribution in [3.63, 3.8) is 0 Å². The van der Waals surface area contributed by atoms with Gasteiger partial charge in [-0.2, -0.15) is 0 Å². The molecule has 0 aromatic carbocycles. The smallest absolute Gasteiger partial charge is 0.244 e. The molecule has 21 heavy (non-hydrogen) atoms. The first-order valence-corrected chi connectivity index (χ1v) is 8.66. The lowest BCUT2D eigenvalue weighted by molar-refractivity contribution is 0.162. The first kappa shape index (κ1) is 16.5. The zero-order valence-corrected chi connectivity index (χ0v) is 13.7. The highest BCUT2D eigenvalue weighted by atomic mass is 32.2. The zero-order chi connectivity index (χ0) is 15.7. The third kappa shape index (κ3) is 3.31. The van der Waals surface area contributed by atoms with Gasteiger partial charge in [0, 0.05) is 18.2 Å². The number of furan rings is 1. The second kappa shape index (κ2) is 6.08. The summed E-state index contributed by atoms with van der Waals surface area (Å²) >= 11 is 0. The minimum Gasteiger partial charge on any atom is -0.462 e. The van der Waals surface area contributed by atoms with Gasteiger partial charge in [-0.05, 0) is 33.9 Å². The molecule has 1 aromatic rings. The molecule has 0 spiro atoms. The number of nitrogens with zero attached hydrogens (tertiary/aromatic N) is 1. The fourth-order valence-corrected chi connectivity index (χ4v) is 4.31. The molecule has 120 valence electrons. The third-order valence-electron chi connectivity index (χ3n) is 4.44. The molecule has 7 heteroatoms. The first-order valence-electron chi connectivity index (χ1n) is 7.18. The summed E-state index contributed by atoms with van der Waals surface area (Å²) in [4.78, 5) is 2.22. The molecule has 0 amide bonds. The van der Waals surface area contributed by atoms with Crippen LogP contribution in [0.3, 0.4) is 0 Å². The molecule has 0 bridgehead atoms. The van der Waals surface area contributed by atoms with Gasteiger partial charge in [0.05, 0.1) is 0 Å². The normalized spacial score (nSPS) is 18.5. The van der Waals surface area contributed by atoms with Crippen LogP contribution in [0.2, 0.25) is 0 Å². The summed E-state index contributed by atoms with van der Waals surface area (Å²) in [5, 5.41) is 9.04. The minimum absolute atomic E-state index is 0.107. The highest BCUT2D eigenvalue weighted by molar-refractivity contribution is 7.89. The van der Waals surface area contributed by atoms with Gasteiger partial charge in [-0.3, -0.25) is 0 Å². The summed E-state index contributed by atoms with van der Waals surface area (Å²) in [5.74, 6) is 0.563. The molecule has 1 aliphatic rings. The molecular formula is C14H24N2O4S. The Labute approximate surface area is 126 Å². The van der Waals surface area contributed by atoms with Crippen LogP contribution in [0.25, 0.3) is 0 Å². The van der Waals surface area contributed by atoms with E-state index >= 15 is 0 Å². The van der Waals surface area contributed by atoms with Crippen LogP contribution in [0.15, 0.2) is 15.4 Å². The average molecular weight is 316 g/mol. The monoisotopic (exact) mass is 316 g/mol. The van der Waals surface area contributed by atoms with Gasteiger partial charge in [-0.15, -0.1) is 0 Å². The molecule has 1 heterocycles. The molecule has 6 nitrogen and oxygen atoms in total. The van der Waals surface area contributed by atoms with E-state index in [1.54, 1.807) is 6.92 Å². The van der Waals surface area contributed by atoms with Gasteiger partial charge in [0.15, 0.2) is 0 Å². The van der Waals surface area contributed by atoms with Crippen molar-refractivity contribution < 1.29 is 17.9 Å². The molecule has 0 atom stereocenters. The SMILES string of the molecule is Cc1oc(CO)cc1S(=O)(=O)NCC1(N(C)C)CCCC1. The van der Waals surface area contributed by atoms with E-state index in [1.165, 1.54) is 6.07 Å². The second-order valence-corrected chi connectivity index (χ2v) is 7.68. The lowest BCUT2D eigenvalue weighted by atomic mass is 9.97. The third-order valence-corrected chi connectivity index (χ3v) is 5.95. The molecule has 1 aliphatic carbocycles. The zero-order valence-electron chi connectivity index (χ0n) is 12.8. The lowest BCUT2D eigenvalue weighted by Crippen LogP contribution is -2.50. The number of hydrogen-bond acceptors (Lipinski definition) is 5. The Kier molecular flexibility index (Phi) is 4.77. The highest BCUT2D eigenvalue weighted by Crippen LogP contribution is 2.33. The molecule has 1 aromatic heterocycles. The van der Waals surface area contributed by atoms with Crippen molar-refractivity contribution in [2.24, 2.45) is 0 Å². The number of likely N-dealkylation sites (N-methyl/N-ethyl adjacent to an activating group) is 1. The van der Waals surface area contributed by atoms with Crippen molar-refractivity contribution in [1.29, 1.82) is 0 Å². The van der Waals surface area contributed by atoms with E-state index in [0.717, 1.165) is 25.7 Å². The first-order chi connectivity index (χ1) is 9.81. The van der Waals surface area contributed by atoms with Crippen LogP contribution < -0.4 is 4.72 Å². The van der Waals surface area contributed by atoms with Crippen molar-refractivity contribution in [1.82, 2.24) is 9.62 Å². The molecular weight excluding hydrogens is 292 g/mol. The van der Waals surface area contributed by atoms with Crippen LogP contribution in [0.1, 0.15) is 37.2 Å². The number of aliphatic hydroxyl groups excluding tert-OH is 1. The minimum atomic E-state index is -3.62. The van der Waals surface area contributed by atoms with E-state index < -0.39 is 10.0 Å². The predicted octanol–water partition coefficient (Wildman–Crippen LogP) is 1.23. The van der Waals surface area contributed by atoms with Crippen molar-refractivity contribution in [3.05, 3.63) is 17.6 Å². The summed E-state index contributed by atoms with van der Waals surface area (Å²) in [6.07, 6.45) is 4.24. The fraction of sp³-hybridized carbons (Fsp3) is 0.714. The standard InChI is InChI=1S/C14H24N2O4S/c1-11-13(8-12(9-17)20-11)21(18,19)15-10-14(16(2)3)6-4-5-7-14/h8,15,17H,4-7,9-10H2,1-3H3. The Morgan fingerprint density at radius 1 is 1.38 bits per heavy atom. The summed E-state index contributed by atoms with van der Waals surface area (Å²) in [7, 11) is 0.364. The van der Waals surface area contributed by atoms with Gasteiger partial charge in [-0.1, -0.05) is 12.8 Å². The van der Waals surface area contributed by atoms with Crippen LogP contribution in [-0.2, 0) is 16.6 Å². The van der Waals surface area contributed by atoms with E-state index in [-0.39, 0.29) is 22.8 Å². The summed E-state index contributed by atoms with van der Waals surface area (Å²) in [5.41, 5.74) is -0.107. The highest BCUT2D eigenvalue weighted by Gasteiger charge is 2.37.